The zero-order chi connectivity index (χ0) is 13.0. The Hall–Kier alpha value is 0.0713. The molecule has 1 atom stereocenters. The molecule has 0 aromatic heterocycles. The van der Waals surface area contributed by atoms with Crippen molar-refractivity contribution in [2.75, 3.05) is 13.7 Å². The van der Waals surface area contributed by atoms with Crippen LogP contribution in [0.3, 0.4) is 0 Å². The van der Waals surface area contributed by atoms with Crippen molar-refractivity contribution in [3.8, 4) is 0 Å². The van der Waals surface area contributed by atoms with Crippen molar-refractivity contribution in [1.29, 1.82) is 0 Å². The molecule has 0 N–H and O–H groups in total. The van der Waals surface area contributed by atoms with Gasteiger partial charge in [-0.1, -0.05) is 47.0 Å². The van der Waals surface area contributed by atoms with Crippen molar-refractivity contribution in [1.82, 2.24) is 0 Å². The summed E-state index contributed by atoms with van der Waals surface area (Å²) in [5.74, 6) is -0.222. The molecule has 3 nitrogen and oxygen atoms in total. The van der Waals surface area contributed by atoms with Crippen LogP contribution in [0.2, 0.25) is 23.9 Å². The molecule has 0 heterocycles. The minimum Gasteiger partial charge on any atom is -0.438 e. The van der Waals surface area contributed by atoms with Crippen LogP contribution in [0.1, 0.15) is 20.8 Å². The van der Waals surface area contributed by atoms with E-state index in [2.05, 4.69) is 44.6 Å². The Morgan fingerprint density at radius 1 is 1.41 bits per heavy atom. The largest absolute Gasteiger partial charge is 1.00 e. The average molecular weight is 305 g/mol. The fraction of sp³-hybridized carbons (Fsp3) is 0.818. The molecular formula is C11H22BCuO3Si. The first kappa shape index (κ1) is 19.4. The molecular weight excluding hydrogens is 283 g/mol. The Bertz CT molecular complexity index is 241. The van der Waals surface area contributed by atoms with Crippen molar-refractivity contribution in [2.45, 2.75) is 44.7 Å². The Kier molecular flexibility index (Phi) is 8.56. The van der Waals surface area contributed by atoms with Gasteiger partial charge in [0.25, 0.3) is 0 Å². The first-order valence-electron chi connectivity index (χ1n) is 5.42. The Morgan fingerprint density at radius 2 is 1.88 bits per heavy atom. The van der Waals surface area contributed by atoms with Gasteiger partial charge in [0.05, 0.1) is 13.7 Å². The van der Waals surface area contributed by atoms with Gasteiger partial charge in [0.2, 0.25) is 0 Å². The first-order chi connectivity index (χ1) is 7.10. The molecule has 0 aliphatic rings. The van der Waals surface area contributed by atoms with Crippen molar-refractivity contribution in [2.24, 2.45) is 0 Å². The maximum atomic E-state index is 10.8. The summed E-state index contributed by atoms with van der Waals surface area (Å²) in [5.41, 5.74) is 0. The monoisotopic (exact) mass is 304 g/mol. The summed E-state index contributed by atoms with van der Waals surface area (Å²) < 4.78 is 9.20. The van der Waals surface area contributed by atoms with Crippen LogP contribution < -0.4 is 0 Å². The number of hydrogen-bond donors (Lipinski definition) is 0. The molecule has 6 heteroatoms. The Balaban J connectivity index is 0. The fourth-order valence-corrected chi connectivity index (χ4v) is 2.72. The summed E-state index contributed by atoms with van der Waals surface area (Å²) >= 11 is 0. The number of rotatable bonds is 4. The maximum absolute atomic E-state index is 10.8. The van der Waals surface area contributed by atoms with Crippen molar-refractivity contribution >= 4 is 22.1 Å². The van der Waals surface area contributed by atoms with Crippen LogP contribution in [-0.2, 0) is 26.5 Å². The third-order valence-electron chi connectivity index (χ3n) is 3.12. The Labute approximate surface area is 118 Å². The molecule has 0 bridgehead atoms. The van der Waals surface area contributed by atoms with Crippen molar-refractivity contribution in [3.63, 3.8) is 0 Å². The summed E-state index contributed by atoms with van der Waals surface area (Å²) in [6.45, 7) is 11.3. The molecule has 102 valence electrons. The maximum Gasteiger partial charge on any atom is 1.00 e. The van der Waals surface area contributed by atoms with Crippen molar-refractivity contribution < 1.29 is 31.3 Å². The van der Waals surface area contributed by atoms with Crippen LogP contribution in [0.5, 0.6) is 0 Å². The van der Waals surface area contributed by atoms with Gasteiger partial charge in [0, 0.05) is 7.85 Å². The second-order valence-electron chi connectivity index (χ2n) is 5.57. The third kappa shape index (κ3) is 7.17. The van der Waals surface area contributed by atoms with Gasteiger partial charge in [-0.15, -0.1) is 0 Å². The SMILES string of the molecule is [B][C@H]([CH-][Si](C)(C)C(C)(C)C)COC(=O)OC.[Cu+]. The topological polar surface area (TPSA) is 35.5 Å². The van der Waals surface area contributed by atoms with Crippen LogP contribution in [-0.4, -0.2) is 35.8 Å². The van der Waals surface area contributed by atoms with E-state index in [4.69, 9.17) is 12.6 Å². The molecule has 0 rings (SSSR count). The van der Waals surface area contributed by atoms with Crippen LogP contribution in [0.4, 0.5) is 4.79 Å². The molecule has 17 heavy (non-hydrogen) atoms. The molecule has 0 aliphatic carbocycles. The number of ether oxygens (including phenoxy) is 2. The number of methoxy groups -OCH3 is 1. The molecule has 0 aromatic rings. The van der Waals surface area contributed by atoms with Gasteiger partial charge in [-0.05, 0) is 0 Å². The number of hydrogen-bond acceptors (Lipinski definition) is 3. The third-order valence-corrected chi connectivity index (χ3v) is 8.25. The van der Waals surface area contributed by atoms with E-state index in [0.29, 0.717) is 0 Å². The van der Waals surface area contributed by atoms with E-state index >= 15 is 0 Å². The predicted molar refractivity (Wildman–Crippen MR) is 69.4 cm³/mol. The van der Waals surface area contributed by atoms with E-state index in [1.54, 1.807) is 0 Å². The summed E-state index contributed by atoms with van der Waals surface area (Å²) in [4.78, 5) is 10.8. The summed E-state index contributed by atoms with van der Waals surface area (Å²) in [7, 11) is 5.66. The zero-order valence-electron chi connectivity index (χ0n) is 11.5. The zero-order valence-corrected chi connectivity index (χ0v) is 13.4. The summed E-state index contributed by atoms with van der Waals surface area (Å²) in [6.07, 6.45) is -0.681. The van der Waals surface area contributed by atoms with Crippen LogP contribution >= 0.6 is 0 Å². The normalized spacial score (nSPS) is 13.5. The van der Waals surface area contributed by atoms with Gasteiger partial charge >= 0.3 is 23.2 Å². The van der Waals surface area contributed by atoms with Crippen molar-refractivity contribution in [3.05, 3.63) is 6.04 Å². The molecule has 0 saturated heterocycles. The van der Waals surface area contributed by atoms with Crippen LogP contribution in [0, 0.1) is 6.04 Å². The minimum atomic E-state index is -1.53. The molecule has 0 spiro atoms. The standard InChI is InChI=1S/C11H22BO3Si.Cu/c1-11(2,3)16(5,6)8-9(12)7-15-10(13)14-4;/h8-9H,7H2,1-6H3;/q-1;+1/t9-;/m0./s1. The van der Waals surface area contributed by atoms with E-state index in [1.807, 2.05) is 0 Å². The van der Waals surface area contributed by atoms with Gasteiger partial charge in [-0.3, -0.25) is 0 Å². The molecule has 0 aliphatic heterocycles. The average Bonchev–Trinajstić information content (AvgIpc) is 2.11. The van der Waals surface area contributed by atoms with E-state index < -0.39 is 14.2 Å². The van der Waals surface area contributed by atoms with Crippen LogP contribution in [0.15, 0.2) is 0 Å². The van der Waals surface area contributed by atoms with Gasteiger partial charge in [0.1, 0.15) is 0 Å². The molecule has 0 fully saturated rings. The minimum absolute atomic E-state index is 0. The summed E-state index contributed by atoms with van der Waals surface area (Å²) in [5, 5.41) is 0.246. The van der Waals surface area contributed by atoms with Gasteiger partial charge in [0.15, 0.2) is 0 Å². The van der Waals surface area contributed by atoms with E-state index in [0.717, 1.165) is 0 Å². The van der Waals surface area contributed by atoms with E-state index in [-0.39, 0.29) is 34.5 Å². The van der Waals surface area contributed by atoms with Gasteiger partial charge < -0.3 is 15.5 Å². The van der Waals surface area contributed by atoms with Crippen LogP contribution in [0.25, 0.3) is 0 Å². The summed E-state index contributed by atoms with van der Waals surface area (Å²) in [6, 6.07) is 2.15. The molecule has 2 radical (unpaired) electrons. The molecule has 0 amide bonds. The predicted octanol–water partition coefficient (Wildman–Crippen LogP) is 2.98. The Morgan fingerprint density at radius 3 is 2.24 bits per heavy atom. The first-order valence-corrected chi connectivity index (χ1v) is 8.50. The van der Waals surface area contributed by atoms with E-state index in [1.165, 1.54) is 7.11 Å². The van der Waals surface area contributed by atoms with Gasteiger partial charge in [-0.2, -0.15) is 5.82 Å². The molecule has 0 unspecified atom stereocenters. The smallest absolute Gasteiger partial charge is 0.438 e. The second-order valence-corrected chi connectivity index (χ2v) is 10.8. The quantitative estimate of drug-likeness (QED) is 0.455. The fourth-order valence-electron chi connectivity index (χ4n) is 1.06. The number of carbonyl (C=O) groups excluding carboxylic acids is 1. The number of carbonyl (C=O) groups is 1. The molecule has 0 saturated carbocycles. The van der Waals surface area contributed by atoms with Gasteiger partial charge in [-0.25, -0.2) is 4.79 Å². The molecule has 0 aromatic carbocycles. The second kappa shape index (κ2) is 7.49. The van der Waals surface area contributed by atoms with E-state index in [9.17, 15) is 4.79 Å².